The number of nitrogens with zero attached hydrogens (tertiary/aromatic N) is 3. The Morgan fingerprint density at radius 3 is 2.96 bits per heavy atom. The van der Waals surface area contributed by atoms with Gasteiger partial charge in [-0.15, -0.1) is 11.3 Å². The van der Waals surface area contributed by atoms with Gasteiger partial charge in [0.05, 0.1) is 5.56 Å². The first-order valence-electron chi connectivity index (χ1n) is 6.61. The fraction of sp³-hybridized carbons (Fsp3) is 0.214. The molecule has 7 nitrogen and oxygen atoms in total. The van der Waals surface area contributed by atoms with Crippen molar-refractivity contribution in [2.45, 2.75) is 17.4 Å². The van der Waals surface area contributed by atoms with Gasteiger partial charge in [-0.25, -0.2) is 8.42 Å². The summed E-state index contributed by atoms with van der Waals surface area (Å²) in [6.07, 6.45) is 2.83. The maximum Gasteiger partial charge on any atom is 0.326 e. The van der Waals surface area contributed by atoms with Crippen molar-refractivity contribution in [3.63, 3.8) is 0 Å². The molecule has 1 N–H and O–H groups in total. The van der Waals surface area contributed by atoms with E-state index in [9.17, 15) is 18.3 Å². The third-order valence-corrected chi connectivity index (χ3v) is 6.43. The molecule has 2 aromatic rings. The Labute approximate surface area is 136 Å². The first-order valence-corrected chi connectivity index (χ1v) is 8.93. The normalized spacial score (nSPS) is 18.1. The number of rotatable bonds is 3. The minimum atomic E-state index is -4.07. The predicted octanol–water partition coefficient (Wildman–Crippen LogP) is 1.39. The van der Waals surface area contributed by atoms with Crippen LogP contribution in [0.5, 0.6) is 0 Å². The number of carboxylic acid groups (broad SMARTS) is 1. The lowest BCUT2D eigenvalue weighted by Gasteiger charge is -2.32. The average Bonchev–Trinajstić information content (AvgIpc) is 3.02. The Kier molecular flexibility index (Phi) is 3.89. The van der Waals surface area contributed by atoms with Crippen LogP contribution in [-0.4, -0.2) is 35.3 Å². The van der Waals surface area contributed by atoms with E-state index < -0.39 is 22.0 Å². The van der Waals surface area contributed by atoms with Crippen LogP contribution in [0.15, 0.2) is 34.8 Å². The first kappa shape index (κ1) is 15.6. The van der Waals surface area contributed by atoms with Crippen LogP contribution < -0.4 is 0 Å². The van der Waals surface area contributed by atoms with Crippen LogP contribution >= 0.6 is 11.3 Å². The molecule has 0 spiro atoms. The number of aliphatic carboxylic acids is 1. The van der Waals surface area contributed by atoms with E-state index >= 15 is 0 Å². The van der Waals surface area contributed by atoms with E-state index in [1.807, 2.05) is 6.07 Å². The van der Waals surface area contributed by atoms with Crippen molar-refractivity contribution in [1.29, 1.82) is 5.26 Å². The second-order valence-corrected chi connectivity index (χ2v) is 7.82. The molecular weight excluding hydrogens is 338 g/mol. The number of carboxylic acids is 1. The minimum Gasteiger partial charge on any atom is -0.480 e. The molecule has 0 amide bonds. The zero-order valence-electron chi connectivity index (χ0n) is 11.7. The average molecular weight is 349 g/mol. The van der Waals surface area contributed by atoms with Gasteiger partial charge in [-0.3, -0.25) is 9.78 Å². The number of hydrogen-bond donors (Lipinski definition) is 1. The van der Waals surface area contributed by atoms with Gasteiger partial charge in [0.25, 0.3) is 0 Å². The molecule has 0 radical (unpaired) electrons. The number of pyridine rings is 1. The summed E-state index contributed by atoms with van der Waals surface area (Å²) in [5.41, 5.74) is 0.605. The van der Waals surface area contributed by atoms with E-state index in [0.717, 1.165) is 15.4 Å². The van der Waals surface area contributed by atoms with E-state index in [-0.39, 0.29) is 17.0 Å². The van der Waals surface area contributed by atoms with Crippen LogP contribution in [0, 0.1) is 11.3 Å². The quantitative estimate of drug-likeness (QED) is 0.896. The van der Waals surface area contributed by atoms with Gasteiger partial charge < -0.3 is 5.11 Å². The van der Waals surface area contributed by atoms with Crippen LogP contribution in [0.3, 0.4) is 0 Å². The van der Waals surface area contributed by atoms with E-state index in [0.29, 0.717) is 12.0 Å². The number of hydrogen-bond acceptors (Lipinski definition) is 6. The summed E-state index contributed by atoms with van der Waals surface area (Å²) in [5, 5.41) is 20.2. The van der Waals surface area contributed by atoms with Crippen LogP contribution in [0.4, 0.5) is 0 Å². The summed E-state index contributed by atoms with van der Waals surface area (Å²) < 4.78 is 26.6. The summed E-state index contributed by atoms with van der Waals surface area (Å²) >= 11 is 1.42. The molecule has 2 aromatic heterocycles. The highest BCUT2D eigenvalue weighted by molar-refractivity contribution is 7.89. The highest BCUT2D eigenvalue weighted by Crippen LogP contribution is 2.36. The van der Waals surface area contributed by atoms with Crippen molar-refractivity contribution in [2.24, 2.45) is 0 Å². The zero-order chi connectivity index (χ0) is 16.6. The smallest absolute Gasteiger partial charge is 0.326 e. The molecule has 118 valence electrons. The fourth-order valence-corrected chi connectivity index (χ4v) is 5.02. The van der Waals surface area contributed by atoms with E-state index in [4.69, 9.17) is 5.26 Å². The highest BCUT2D eigenvalue weighted by atomic mass is 32.2. The predicted molar refractivity (Wildman–Crippen MR) is 81.2 cm³/mol. The van der Waals surface area contributed by atoms with Gasteiger partial charge in [-0.05, 0) is 29.5 Å². The highest BCUT2D eigenvalue weighted by Gasteiger charge is 2.41. The summed E-state index contributed by atoms with van der Waals surface area (Å²) in [6.45, 7) is 0.0730. The second kappa shape index (κ2) is 5.73. The van der Waals surface area contributed by atoms with Gasteiger partial charge in [0, 0.05) is 23.8 Å². The SMILES string of the molecule is N#Cc1cncc(S(=O)(=O)N2CCc3sccc3C2C(=O)O)c1. The minimum absolute atomic E-state index is 0.0730. The molecule has 1 aliphatic heterocycles. The molecule has 3 heterocycles. The molecule has 0 saturated carbocycles. The summed E-state index contributed by atoms with van der Waals surface area (Å²) in [7, 11) is -4.07. The molecule has 1 atom stereocenters. The molecule has 0 aromatic carbocycles. The monoisotopic (exact) mass is 349 g/mol. The Morgan fingerprint density at radius 2 is 2.26 bits per heavy atom. The van der Waals surface area contributed by atoms with Crippen molar-refractivity contribution < 1.29 is 18.3 Å². The topological polar surface area (TPSA) is 111 Å². The number of aromatic nitrogens is 1. The number of carbonyl (C=O) groups is 1. The van der Waals surface area contributed by atoms with Crippen LogP contribution in [-0.2, 0) is 21.2 Å². The fourth-order valence-electron chi connectivity index (χ4n) is 2.56. The van der Waals surface area contributed by atoms with Crippen molar-refractivity contribution in [3.05, 3.63) is 45.9 Å². The molecule has 1 unspecified atom stereocenters. The molecule has 23 heavy (non-hydrogen) atoms. The van der Waals surface area contributed by atoms with Crippen molar-refractivity contribution in [3.8, 4) is 6.07 Å². The van der Waals surface area contributed by atoms with Gasteiger partial charge in [-0.1, -0.05) is 0 Å². The first-order chi connectivity index (χ1) is 10.9. The third-order valence-electron chi connectivity index (χ3n) is 3.60. The standard InChI is InChI=1S/C14H11N3O4S2/c15-6-9-5-10(8-16-7-9)23(20,21)17-3-1-12-11(2-4-22-12)13(17)14(18)19/h2,4-5,7-8,13H,1,3H2,(H,18,19). The zero-order valence-corrected chi connectivity index (χ0v) is 13.3. The molecule has 9 heteroatoms. The van der Waals surface area contributed by atoms with Crippen molar-refractivity contribution in [1.82, 2.24) is 9.29 Å². The van der Waals surface area contributed by atoms with Crippen LogP contribution in [0.2, 0.25) is 0 Å². The summed E-state index contributed by atoms with van der Waals surface area (Å²) in [5.74, 6) is -1.22. The Morgan fingerprint density at radius 1 is 1.48 bits per heavy atom. The molecular formula is C14H11N3O4S2. The number of thiophene rings is 1. The number of nitriles is 1. The molecule has 3 rings (SSSR count). The Bertz CT molecular complexity index is 914. The molecule has 0 bridgehead atoms. The largest absolute Gasteiger partial charge is 0.480 e. The van der Waals surface area contributed by atoms with E-state index in [1.54, 1.807) is 11.4 Å². The lowest BCUT2D eigenvalue weighted by Crippen LogP contribution is -2.43. The van der Waals surface area contributed by atoms with E-state index in [1.165, 1.54) is 23.6 Å². The molecule has 0 aliphatic carbocycles. The van der Waals surface area contributed by atoms with Crippen LogP contribution in [0.1, 0.15) is 22.0 Å². The summed E-state index contributed by atoms with van der Waals surface area (Å²) in [6, 6.07) is 3.41. The van der Waals surface area contributed by atoms with Gasteiger partial charge >= 0.3 is 5.97 Å². The molecule has 1 aliphatic rings. The van der Waals surface area contributed by atoms with Gasteiger partial charge in [-0.2, -0.15) is 9.57 Å². The van der Waals surface area contributed by atoms with Gasteiger partial charge in [0.2, 0.25) is 10.0 Å². The second-order valence-electron chi connectivity index (χ2n) is 4.93. The Hall–Kier alpha value is -2.28. The van der Waals surface area contributed by atoms with E-state index in [2.05, 4.69) is 4.98 Å². The lowest BCUT2D eigenvalue weighted by molar-refractivity contribution is -0.142. The number of sulfonamides is 1. The van der Waals surface area contributed by atoms with Gasteiger partial charge in [0.15, 0.2) is 0 Å². The summed E-state index contributed by atoms with van der Waals surface area (Å²) in [4.78, 5) is 16.1. The maximum absolute atomic E-state index is 12.8. The maximum atomic E-state index is 12.8. The third kappa shape index (κ3) is 2.61. The van der Waals surface area contributed by atoms with Crippen LogP contribution in [0.25, 0.3) is 0 Å². The van der Waals surface area contributed by atoms with Crippen molar-refractivity contribution >= 4 is 27.3 Å². The van der Waals surface area contributed by atoms with Crippen molar-refractivity contribution in [2.75, 3.05) is 6.54 Å². The van der Waals surface area contributed by atoms with Gasteiger partial charge in [0.1, 0.15) is 17.0 Å². The lowest BCUT2D eigenvalue weighted by atomic mass is 10.0. The molecule has 0 fully saturated rings. The number of fused-ring (bicyclic) bond motifs is 1. The Balaban J connectivity index is 2.09. The molecule has 0 saturated heterocycles.